The van der Waals surface area contributed by atoms with Crippen LogP contribution in [0.4, 0.5) is 0 Å². The highest BCUT2D eigenvalue weighted by Crippen LogP contribution is 2.42. The molecule has 0 aromatic carbocycles. The summed E-state index contributed by atoms with van der Waals surface area (Å²) in [5.41, 5.74) is -0.403. The van der Waals surface area contributed by atoms with Crippen molar-refractivity contribution in [3.63, 3.8) is 0 Å². The van der Waals surface area contributed by atoms with Crippen molar-refractivity contribution in [1.29, 1.82) is 0 Å². The lowest BCUT2D eigenvalue weighted by Gasteiger charge is -2.55. The molecule has 0 atom stereocenters. The van der Waals surface area contributed by atoms with Crippen molar-refractivity contribution in [1.82, 2.24) is 9.96 Å². The van der Waals surface area contributed by atoms with E-state index in [1.807, 2.05) is 0 Å². The number of nitrogens with zero attached hydrogens (tertiary/aromatic N) is 2. The van der Waals surface area contributed by atoms with Crippen LogP contribution in [0.1, 0.15) is 85.5 Å². The summed E-state index contributed by atoms with van der Waals surface area (Å²) in [7, 11) is 0. The maximum Gasteiger partial charge on any atom is 0.229 e. The summed E-state index contributed by atoms with van der Waals surface area (Å²) in [5.74, 6) is -0.00324. The Balaban J connectivity index is 1.76. The Labute approximate surface area is 145 Å². The molecule has 5 heteroatoms. The molecule has 136 valence electrons. The zero-order valence-corrected chi connectivity index (χ0v) is 15.6. The highest BCUT2D eigenvalue weighted by atomic mass is 16.7. The molecule has 3 rings (SSSR count). The molecule has 0 N–H and O–H groups in total. The second kappa shape index (κ2) is 6.41. The molecular formula is C19H32N2O3. The first-order valence-corrected chi connectivity index (χ1v) is 9.53. The molecule has 1 saturated carbocycles. The van der Waals surface area contributed by atoms with Gasteiger partial charge in [-0.05, 0) is 53.4 Å². The molecule has 1 aliphatic carbocycles. The third kappa shape index (κ3) is 3.38. The Kier molecular flexibility index (Phi) is 4.77. The van der Waals surface area contributed by atoms with Gasteiger partial charge in [0.05, 0.1) is 6.10 Å². The van der Waals surface area contributed by atoms with Crippen LogP contribution in [0.2, 0.25) is 0 Å². The highest BCUT2D eigenvalue weighted by molar-refractivity contribution is 6.02. The summed E-state index contributed by atoms with van der Waals surface area (Å²) >= 11 is 0. The summed E-state index contributed by atoms with van der Waals surface area (Å²) in [6.45, 7) is 8.70. The van der Waals surface area contributed by atoms with Crippen molar-refractivity contribution < 1.29 is 14.4 Å². The number of hydrogen-bond acceptors (Lipinski definition) is 4. The van der Waals surface area contributed by atoms with Gasteiger partial charge >= 0.3 is 0 Å². The zero-order valence-electron chi connectivity index (χ0n) is 15.6. The van der Waals surface area contributed by atoms with Gasteiger partial charge in [-0.15, -0.1) is 0 Å². The van der Waals surface area contributed by atoms with Crippen LogP contribution in [0.25, 0.3) is 0 Å². The predicted octanol–water partition coefficient (Wildman–Crippen LogP) is 3.42. The van der Waals surface area contributed by atoms with E-state index < -0.39 is 0 Å². The maximum absolute atomic E-state index is 12.2. The van der Waals surface area contributed by atoms with Crippen LogP contribution >= 0.6 is 0 Å². The standard InChI is InChI=1S/C19H32N2O3/c1-18(2)12-14(20-16(22)10-11-17(20)23)13-19(3,4)21(18)24-15-8-6-5-7-9-15/h14-15H,5-13H2,1-4H3. The summed E-state index contributed by atoms with van der Waals surface area (Å²) < 4.78 is 0. The molecule has 2 heterocycles. The highest BCUT2D eigenvalue weighted by Gasteiger charge is 2.51. The van der Waals surface area contributed by atoms with E-state index in [0.29, 0.717) is 18.9 Å². The molecule has 3 aliphatic rings. The summed E-state index contributed by atoms with van der Waals surface area (Å²) in [6.07, 6.45) is 8.69. The van der Waals surface area contributed by atoms with Gasteiger partial charge in [-0.2, -0.15) is 5.06 Å². The largest absolute Gasteiger partial charge is 0.295 e. The molecule has 0 unspecified atom stereocenters. The van der Waals surface area contributed by atoms with E-state index in [1.165, 1.54) is 19.3 Å². The average molecular weight is 336 g/mol. The van der Waals surface area contributed by atoms with E-state index in [2.05, 4.69) is 32.8 Å². The molecule has 3 fully saturated rings. The molecule has 0 aromatic rings. The van der Waals surface area contributed by atoms with E-state index in [0.717, 1.165) is 25.7 Å². The van der Waals surface area contributed by atoms with Gasteiger partial charge in [0, 0.05) is 30.0 Å². The number of carbonyl (C=O) groups is 2. The van der Waals surface area contributed by atoms with Crippen molar-refractivity contribution in [3.05, 3.63) is 0 Å². The maximum atomic E-state index is 12.2. The SMILES string of the molecule is CC1(C)CC(N2C(=O)CCC2=O)CC(C)(C)N1OC1CCCCC1. The Morgan fingerprint density at radius 2 is 1.38 bits per heavy atom. The third-order valence-electron chi connectivity index (χ3n) is 5.83. The minimum Gasteiger partial charge on any atom is -0.295 e. The number of hydroxylamine groups is 2. The van der Waals surface area contributed by atoms with Crippen molar-refractivity contribution in [2.45, 2.75) is 109 Å². The molecule has 0 aromatic heterocycles. The van der Waals surface area contributed by atoms with E-state index in [9.17, 15) is 9.59 Å². The van der Waals surface area contributed by atoms with Crippen LogP contribution in [0.5, 0.6) is 0 Å². The third-order valence-corrected chi connectivity index (χ3v) is 5.83. The number of hydrogen-bond donors (Lipinski definition) is 0. The first kappa shape index (κ1) is 17.9. The number of amides is 2. The molecule has 2 saturated heterocycles. The lowest BCUT2D eigenvalue weighted by Crippen LogP contribution is -2.65. The lowest BCUT2D eigenvalue weighted by molar-refractivity contribution is -0.313. The van der Waals surface area contributed by atoms with Gasteiger partial charge in [0.15, 0.2) is 0 Å². The Bertz CT molecular complexity index is 475. The fourth-order valence-corrected chi connectivity index (χ4v) is 5.00. The van der Waals surface area contributed by atoms with Crippen LogP contribution in [0.15, 0.2) is 0 Å². The molecule has 0 bridgehead atoms. The molecule has 0 radical (unpaired) electrons. The molecule has 2 amide bonds. The van der Waals surface area contributed by atoms with Gasteiger partial charge in [-0.25, -0.2) is 0 Å². The van der Waals surface area contributed by atoms with Crippen molar-refractivity contribution in [2.75, 3.05) is 0 Å². The van der Waals surface area contributed by atoms with Crippen LogP contribution < -0.4 is 0 Å². The summed E-state index contributed by atoms with van der Waals surface area (Å²) in [4.78, 5) is 32.3. The molecule has 0 spiro atoms. The van der Waals surface area contributed by atoms with Gasteiger partial charge in [0.2, 0.25) is 11.8 Å². The van der Waals surface area contributed by atoms with E-state index >= 15 is 0 Å². The Hall–Kier alpha value is -0.940. The monoisotopic (exact) mass is 336 g/mol. The number of likely N-dealkylation sites (tertiary alicyclic amines) is 1. The second-order valence-electron chi connectivity index (χ2n) is 9.00. The van der Waals surface area contributed by atoms with Gasteiger partial charge in [-0.1, -0.05) is 19.3 Å². The van der Waals surface area contributed by atoms with E-state index in [4.69, 9.17) is 4.84 Å². The first-order chi connectivity index (χ1) is 11.2. The predicted molar refractivity (Wildman–Crippen MR) is 92.1 cm³/mol. The number of rotatable bonds is 3. The van der Waals surface area contributed by atoms with Crippen LogP contribution in [-0.4, -0.2) is 45.0 Å². The number of carbonyl (C=O) groups excluding carboxylic acids is 2. The van der Waals surface area contributed by atoms with Gasteiger partial charge in [0.1, 0.15) is 0 Å². The van der Waals surface area contributed by atoms with Gasteiger partial charge in [0.25, 0.3) is 0 Å². The minimum atomic E-state index is -0.201. The lowest BCUT2D eigenvalue weighted by atomic mass is 9.78. The van der Waals surface area contributed by atoms with Gasteiger partial charge < -0.3 is 0 Å². The minimum absolute atomic E-state index is 0.00162. The molecule has 5 nitrogen and oxygen atoms in total. The van der Waals surface area contributed by atoms with Gasteiger partial charge in [-0.3, -0.25) is 19.3 Å². The first-order valence-electron chi connectivity index (χ1n) is 9.53. The molecule has 24 heavy (non-hydrogen) atoms. The second-order valence-corrected chi connectivity index (χ2v) is 9.00. The zero-order chi connectivity index (χ0) is 17.5. The summed E-state index contributed by atoms with van der Waals surface area (Å²) in [5, 5.41) is 2.18. The van der Waals surface area contributed by atoms with E-state index in [-0.39, 0.29) is 28.9 Å². The topological polar surface area (TPSA) is 49.9 Å². The molecular weight excluding hydrogens is 304 g/mol. The van der Waals surface area contributed by atoms with Crippen LogP contribution in [-0.2, 0) is 14.4 Å². The number of piperidine rings is 1. The van der Waals surface area contributed by atoms with E-state index in [1.54, 1.807) is 4.90 Å². The normalized spacial score (nSPS) is 29.4. The fourth-order valence-electron chi connectivity index (χ4n) is 5.00. The Morgan fingerprint density at radius 1 is 0.875 bits per heavy atom. The van der Waals surface area contributed by atoms with Crippen molar-refractivity contribution in [2.24, 2.45) is 0 Å². The quantitative estimate of drug-likeness (QED) is 0.741. The molecule has 2 aliphatic heterocycles. The average Bonchev–Trinajstić information content (AvgIpc) is 2.82. The van der Waals surface area contributed by atoms with Crippen LogP contribution in [0, 0.1) is 0 Å². The smallest absolute Gasteiger partial charge is 0.229 e. The number of imide groups is 1. The fraction of sp³-hybridized carbons (Fsp3) is 0.895. The van der Waals surface area contributed by atoms with Crippen LogP contribution in [0.3, 0.4) is 0 Å². The van der Waals surface area contributed by atoms with Crippen molar-refractivity contribution >= 4 is 11.8 Å². The summed E-state index contributed by atoms with van der Waals surface area (Å²) in [6, 6.07) is -0.0105. The Morgan fingerprint density at radius 3 is 1.88 bits per heavy atom. The van der Waals surface area contributed by atoms with Crippen molar-refractivity contribution in [3.8, 4) is 0 Å².